The lowest BCUT2D eigenvalue weighted by molar-refractivity contribution is 0.577. The van der Waals surface area contributed by atoms with Gasteiger partial charge in [0.05, 0.1) is 0 Å². The quantitative estimate of drug-likeness (QED) is 0.842. The number of halogens is 1. The highest BCUT2D eigenvalue weighted by Gasteiger charge is 2.17. The fourth-order valence-corrected chi connectivity index (χ4v) is 2.33. The number of benzene rings is 1. The first-order valence-electron chi connectivity index (χ1n) is 5.83. The highest BCUT2D eigenvalue weighted by atomic mass is 19.1. The van der Waals surface area contributed by atoms with Crippen molar-refractivity contribution >= 4 is 5.69 Å². The lowest BCUT2D eigenvalue weighted by Crippen LogP contribution is -2.15. The fraction of sp³-hybridized carbons (Fsp3) is 0.538. The second kappa shape index (κ2) is 4.83. The van der Waals surface area contributed by atoms with Gasteiger partial charge in [-0.2, -0.15) is 0 Å². The highest BCUT2D eigenvalue weighted by Crippen LogP contribution is 2.24. The standard InChI is InChI=1S/C13H19FN2/c1-16(2)13-8-12(14)4-3-11(13)7-10-5-6-15-9-10/h3-4,8,10,15H,5-7,9H2,1-2H3. The summed E-state index contributed by atoms with van der Waals surface area (Å²) in [6.45, 7) is 2.20. The lowest BCUT2D eigenvalue weighted by Gasteiger charge is -2.19. The summed E-state index contributed by atoms with van der Waals surface area (Å²) < 4.78 is 13.2. The van der Waals surface area contributed by atoms with E-state index < -0.39 is 0 Å². The molecule has 1 saturated heterocycles. The summed E-state index contributed by atoms with van der Waals surface area (Å²) in [6, 6.07) is 5.10. The van der Waals surface area contributed by atoms with Crippen molar-refractivity contribution < 1.29 is 4.39 Å². The van der Waals surface area contributed by atoms with E-state index in [-0.39, 0.29) is 5.82 Å². The zero-order chi connectivity index (χ0) is 11.5. The maximum atomic E-state index is 13.2. The minimum absolute atomic E-state index is 0.156. The zero-order valence-electron chi connectivity index (χ0n) is 9.96. The van der Waals surface area contributed by atoms with E-state index in [9.17, 15) is 4.39 Å². The van der Waals surface area contributed by atoms with Gasteiger partial charge < -0.3 is 10.2 Å². The average Bonchev–Trinajstić information content (AvgIpc) is 2.73. The molecule has 1 N–H and O–H groups in total. The van der Waals surface area contributed by atoms with Gasteiger partial charge in [-0.3, -0.25) is 0 Å². The number of nitrogens with zero attached hydrogens (tertiary/aromatic N) is 1. The molecule has 2 rings (SSSR count). The van der Waals surface area contributed by atoms with E-state index in [1.54, 1.807) is 12.1 Å². The van der Waals surface area contributed by atoms with Gasteiger partial charge in [0, 0.05) is 19.8 Å². The van der Waals surface area contributed by atoms with Crippen LogP contribution in [0.1, 0.15) is 12.0 Å². The van der Waals surface area contributed by atoms with Crippen molar-refractivity contribution in [2.24, 2.45) is 5.92 Å². The minimum atomic E-state index is -0.156. The van der Waals surface area contributed by atoms with E-state index in [4.69, 9.17) is 0 Å². The van der Waals surface area contributed by atoms with Gasteiger partial charge in [0.1, 0.15) is 5.82 Å². The molecule has 1 unspecified atom stereocenters. The first kappa shape index (κ1) is 11.4. The van der Waals surface area contributed by atoms with Gasteiger partial charge in [0.15, 0.2) is 0 Å². The van der Waals surface area contributed by atoms with E-state index in [0.717, 1.165) is 25.2 Å². The Morgan fingerprint density at radius 1 is 1.44 bits per heavy atom. The third kappa shape index (κ3) is 2.53. The molecular weight excluding hydrogens is 203 g/mol. The summed E-state index contributed by atoms with van der Waals surface area (Å²) >= 11 is 0. The third-order valence-corrected chi connectivity index (χ3v) is 3.20. The average molecular weight is 222 g/mol. The van der Waals surface area contributed by atoms with Gasteiger partial charge in [-0.25, -0.2) is 4.39 Å². The van der Waals surface area contributed by atoms with Crippen molar-refractivity contribution in [2.75, 3.05) is 32.1 Å². The lowest BCUT2D eigenvalue weighted by atomic mass is 9.97. The molecule has 1 aliphatic heterocycles. The number of hydrogen-bond donors (Lipinski definition) is 1. The predicted octanol–water partition coefficient (Wildman–Crippen LogP) is 2.04. The van der Waals surface area contributed by atoms with Gasteiger partial charge in [-0.15, -0.1) is 0 Å². The van der Waals surface area contributed by atoms with E-state index in [0.29, 0.717) is 5.92 Å². The Morgan fingerprint density at radius 2 is 2.25 bits per heavy atom. The van der Waals surface area contributed by atoms with E-state index in [2.05, 4.69) is 5.32 Å². The van der Waals surface area contributed by atoms with Crippen LogP contribution in [0.2, 0.25) is 0 Å². The molecule has 0 radical (unpaired) electrons. The van der Waals surface area contributed by atoms with Crippen molar-refractivity contribution in [3.63, 3.8) is 0 Å². The molecule has 1 aliphatic rings. The van der Waals surface area contributed by atoms with E-state index >= 15 is 0 Å². The summed E-state index contributed by atoms with van der Waals surface area (Å²) in [7, 11) is 3.93. The van der Waals surface area contributed by atoms with Gasteiger partial charge in [-0.05, 0) is 49.5 Å². The summed E-state index contributed by atoms with van der Waals surface area (Å²) in [4.78, 5) is 1.99. The number of hydrogen-bond acceptors (Lipinski definition) is 2. The summed E-state index contributed by atoms with van der Waals surface area (Å²) in [5.41, 5.74) is 2.26. The second-order valence-corrected chi connectivity index (χ2v) is 4.73. The van der Waals surface area contributed by atoms with Crippen LogP contribution in [0.4, 0.5) is 10.1 Å². The molecule has 1 fully saturated rings. The SMILES string of the molecule is CN(C)c1cc(F)ccc1CC1CCNC1. The first-order valence-corrected chi connectivity index (χ1v) is 5.83. The Kier molecular flexibility index (Phi) is 3.44. The predicted molar refractivity (Wildman–Crippen MR) is 65.4 cm³/mol. The molecule has 0 spiro atoms. The summed E-state index contributed by atoms with van der Waals surface area (Å²) in [6.07, 6.45) is 2.27. The molecule has 2 nitrogen and oxygen atoms in total. The summed E-state index contributed by atoms with van der Waals surface area (Å²) in [5.74, 6) is 0.543. The molecule has 1 aromatic rings. The van der Waals surface area contributed by atoms with E-state index in [1.165, 1.54) is 12.0 Å². The maximum Gasteiger partial charge on any atom is 0.125 e. The van der Waals surface area contributed by atoms with Gasteiger partial charge >= 0.3 is 0 Å². The van der Waals surface area contributed by atoms with Crippen LogP contribution in [0.25, 0.3) is 0 Å². The Labute approximate surface area is 96.5 Å². The highest BCUT2D eigenvalue weighted by molar-refractivity contribution is 5.53. The van der Waals surface area contributed by atoms with Crippen molar-refractivity contribution in [1.82, 2.24) is 5.32 Å². The molecule has 0 bridgehead atoms. The second-order valence-electron chi connectivity index (χ2n) is 4.73. The Morgan fingerprint density at radius 3 is 2.88 bits per heavy atom. The summed E-state index contributed by atoms with van der Waals surface area (Å²) in [5, 5.41) is 3.36. The van der Waals surface area contributed by atoms with Crippen molar-refractivity contribution in [1.29, 1.82) is 0 Å². The van der Waals surface area contributed by atoms with Crippen LogP contribution in [0, 0.1) is 11.7 Å². The molecule has 0 saturated carbocycles. The van der Waals surface area contributed by atoms with Gasteiger partial charge in [-0.1, -0.05) is 6.07 Å². The fourth-order valence-electron chi connectivity index (χ4n) is 2.33. The Hall–Kier alpha value is -1.09. The minimum Gasteiger partial charge on any atom is -0.377 e. The van der Waals surface area contributed by atoms with Crippen LogP contribution in [0.15, 0.2) is 18.2 Å². The number of nitrogens with one attached hydrogen (secondary N) is 1. The smallest absolute Gasteiger partial charge is 0.125 e. The first-order chi connectivity index (χ1) is 7.66. The molecule has 3 heteroatoms. The Balaban J connectivity index is 2.18. The molecule has 1 atom stereocenters. The normalized spacial score (nSPS) is 20.1. The molecule has 0 amide bonds. The van der Waals surface area contributed by atoms with E-state index in [1.807, 2.05) is 25.1 Å². The molecule has 88 valence electrons. The molecule has 0 aromatic heterocycles. The molecular formula is C13H19FN2. The molecule has 1 heterocycles. The van der Waals surface area contributed by atoms with Crippen LogP contribution in [-0.4, -0.2) is 27.2 Å². The van der Waals surface area contributed by atoms with Crippen LogP contribution < -0.4 is 10.2 Å². The van der Waals surface area contributed by atoms with Crippen molar-refractivity contribution in [3.8, 4) is 0 Å². The topological polar surface area (TPSA) is 15.3 Å². The van der Waals surface area contributed by atoms with Gasteiger partial charge in [0.25, 0.3) is 0 Å². The number of rotatable bonds is 3. The van der Waals surface area contributed by atoms with Crippen LogP contribution >= 0.6 is 0 Å². The van der Waals surface area contributed by atoms with Crippen LogP contribution in [0.3, 0.4) is 0 Å². The maximum absolute atomic E-state index is 13.2. The van der Waals surface area contributed by atoms with Crippen molar-refractivity contribution in [3.05, 3.63) is 29.6 Å². The van der Waals surface area contributed by atoms with Crippen LogP contribution in [0.5, 0.6) is 0 Å². The number of anilines is 1. The Bertz CT molecular complexity index is 357. The molecule has 16 heavy (non-hydrogen) atoms. The van der Waals surface area contributed by atoms with Crippen LogP contribution in [-0.2, 0) is 6.42 Å². The zero-order valence-corrected chi connectivity index (χ0v) is 9.96. The molecule has 0 aliphatic carbocycles. The largest absolute Gasteiger partial charge is 0.377 e. The van der Waals surface area contributed by atoms with Crippen molar-refractivity contribution in [2.45, 2.75) is 12.8 Å². The van der Waals surface area contributed by atoms with Gasteiger partial charge in [0.2, 0.25) is 0 Å². The molecule has 1 aromatic carbocycles. The monoisotopic (exact) mass is 222 g/mol. The third-order valence-electron chi connectivity index (χ3n) is 3.20.